The van der Waals surface area contributed by atoms with E-state index >= 15 is 0 Å². The van der Waals surface area contributed by atoms with Crippen LogP contribution in [0.3, 0.4) is 0 Å². The summed E-state index contributed by atoms with van der Waals surface area (Å²) in [5, 5.41) is 2.97. The number of pyridine rings is 1. The first-order valence-corrected chi connectivity index (χ1v) is 5.32. The molecular formula is C12H10ClN3O. The minimum Gasteiger partial charge on any atom is -0.399 e. The molecule has 0 saturated heterocycles. The van der Waals surface area contributed by atoms with Crippen LogP contribution in [0, 0.1) is 0 Å². The summed E-state index contributed by atoms with van der Waals surface area (Å²) in [5.41, 5.74) is 7.08. The Morgan fingerprint density at radius 3 is 2.71 bits per heavy atom. The monoisotopic (exact) mass is 247 g/mol. The first-order valence-electron chi connectivity index (χ1n) is 4.94. The van der Waals surface area contributed by atoms with Gasteiger partial charge in [0.05, 0.1) is 0 Å². The number of carbonyl (C=O) groups excluding carboxylic acids is 1. The molecule has 0 radical (unpaired) electrons. The van der Waals surface area contributed by atoms with Gasteiger partial charge in [-0.05, 0) is 30.3 Å². The summed E-state index contributed by atoms with van der Waals surface area (Å²) in [7, 11) is 0. The quantitative estimate of drug-likeness (QED) is 0.633. The maximum Gasteiger partial charge on any atom is 0.274 e. The van der Waals surface area contributed by atoms with Gasteiger partial charge in [-0.3, -0.25) is 4.79 Å². The summed E-state index contributed by atoms with van der Waals surface area (Å²) in [6.07, 6.45) is 0. The zero-order chi connectivity index (χ0) is 12.3. The van der Waals surface area contributed by atoms with Crippen LogP contribution < -0.4 is 11.1 Å². The summed E-state index contributed by atoms with van der Waals surface area (Å²) in [4.78, 5) is 15.7. The summed E-state index contributed by atoms with van der Waals surface area (Å²) in [6, 6.07) is 11.8. The largest absolute Gasteiger partial charge is 0.399 e. The number of aromatic nitrogens is 1. The highest BCUT2D eigenvalue weighted by atomic mass is 35.5. The zero-order valence-corrected chi connectivity index (χ0v) is 9.61. The van der Waals surface area contributed by atoms with Crippen LogP contribution in [0.15, 0.2) is 42.5 Å². The number of amides is 1. The van der Waals surface area contributed by atoms with E-state index in [1.807, 2.05) is 0 Å². The molecule has 0 aliphatic rings. The molecule has 0 spiro atoms. The van der Waals surface area contributed by atoms with E-state index in [2.05, 4.69) is 10.3 Å². The molecular weight excluding hydrogens is 238 g/mol. The van der Waals surface area contributed by atoms with Crippen LogP contribution in [-0.4, -0.2) is 10.9 Å². The lowest BCUT2D eigenvalue weighted by atomic mass is 10.2. The minimum atomic E-state index is -0.321. The average molecular weight is 248 g/mol. The predicted molar refractivity (Wildman–Crippen MR) is 68.1 cm³/mol. The van der Waals surface area contributed by atoms with E-state index in [0.29, 0.717) is 11.4 Å². The van der Waals surface area contributed by atoms with E-state index in [-0.39, 0.29) is 16.8 Å². The Labute approximate surface area is 103 Å². The van der Waals surface area contributed by atoms with Crippen molar-refractivity contribution in [2.24, 2.45) is 0 Å². The van der Waals surface area contributed by atoms with Crippen molar-refractivity contribution in [1.29, 1.82) is 0 Å². The van der Waals surface area contributed by atoms with Gasteiger partial charge in [-0.1, -0.05) is 23.7 Å². The Balaban J connectivity index is 2.17. The Morgan fingerprint density at radius 1 is 1.24 bits per heavy atom. The van der Waals surface area contributed by atoms with E-state index in [4.69, 9.17) is 17.3 Å². The SMILES string of the molecule is Nc1cccc(NC(=O)c2cccc(Cl)n2)c1. The molecule has 0 fully saturated rings. The Kier molecular flexibility index (Phi) is 3.25. The second-order valence-corrected chi connectivity index (χ2v) is 3.81. The Morgan fingerprint density at radius 2 is 2.00 bits per heavy atom. The van der Waals surface area contributed by atoms with Crippen molar-refractivity contribution in [3.8, 4) is 0 Å². The van der Waals surface area contributed by atoms with Crippen LogP contribution in [0.2, 0.25) is 5.15 Å². The van der Waals surface area contributed by atoms with Gasteiger partial charge in [0.25, 0.3) is 5.91 Å². The predicted octanol–water partition coefficient (Wildman–Crippen LogP) is 2.57. The molecule has 0 unspecified atom stereocenters. The molecule has 2 rings (SSSR count). The van der Waals surface area contributed by atoms with Crippen molar-refractivity contribution in [3.05, 3.63) is 53.3 Å². The third-order valence-corrected chi connectivity index (χ3v) is 2.30. The van der Waals surface area contributed by atoms with Crippen molar-refractivity contribution in [3.63, 3.8) is 0 Å². The number of nitrogens with two attached hydrogens (primary N) is 1. The van der Waals surface area contributed by atoms with Gasteiger partial charge in [0.1, 0.15) is 10.8 Å². The number of nitrogens with zero attached hydrogens (tertiary/aromatic N) is 1. The van der Waals surface area contributed by atoms with Crippen molar-refractivity contribution in [2.75, 3.05) is 11.1 Å². The summed E-state index contributed by atoms with van der Waals surface area (Å²) < 4.78 is 0. The fourth-order valence-electron chi connectivity index (χ4n) is 1.35. The van der Waals surface area contributed by atoms with Gasteiger partial charge in [0.15, 0.2) is 0 Å². The lowest BCUT2D eigenvalue weighted by Crippen LogP contribution is -2.13. The molecule has 5 heteroatoms. The van der Waals surface area contributed by atoms with E-state index < -0.39 is 0 Å². The second kappa shape index (κ2) is 4.84. The minimum absolute atomic E-state index is 0.264. The fourth-order valence-corrected chi connectivity index (χ4v) is 1.51. The summed E-state index contributed by atoms with van der Waals surface area (Å²) in [5.74, 6) is -0.321. The first kappa shape index (κ1) is 11.4. The van der Waals surface area contributed by atoms with E-state index in [0.717, 1.165) is 0 Å². The maximum atomic E-state index is 11.8. The molecule has 3 N–H and O–H groups in total. The van der Waals surface area contributed by atoms with E-state index in [9.17, 15) is 4.79 Å². The molecule has 17 heavy (non-hydrogen) atoms. The number of halogens is 1. The van der Waals surface area contributed by atoms with E-state index in [1.165, 1.54) is 0 Å². The number of carbonyl (C=O) groups is 1. The van der Waals surface area contributed by atoms with Crippen LogP contribution >= 0.6 is 11.6 Å². The van der Waals surface area contributed by atoms with Gasteiger partial charge in [0.2, 0.25) is 0 Å². The number of nitrogens with one attached hydrogen (secondary N) is 1. The zero-order valence-electron chi connectivity index (χ0n) is 8.85. The highest BCUT2D eigenvalue weighted by Gasteiger charge is 2.07. The van der Waals surface area contributed by atoms with Crippen LogP contribution in [0.25, 0.3) is 0 Å². The molecule has 4 nitrogen and oxygen atoms in total. The molecule has 0 aliphatic heterocycles. The van der Waals surface area contributed by atoms with Gasteiger partial charge in [-0.15, -0.1) is 0 Å². The summed E-state index contributed by atoms with van der Waals surface area (Å²) >= 11 is 5.71. The van der Waals surface area contributed by atoms with E-state index in [1.54, 1.807) is 42.5 Å². The lowest BCUT2D eigenvalue weighted by molar-refractivity contribution is 0.102. The van der Waals surface area contributed by atoms with Crippen molar-refractivity contribution in [2.45, 2.75) is 0 Å². The maximum absolute atomic E-state index is 11.8. The Hall–Kier alpha value is -2.07. The molecule has 1 heterocycles. The molecule has 0 aliphatic carbocycles. The number of anilines is 2. The second-order valence-electron chi connectivity index (χ2n) is 3.43. The highest BCUT2D eigenvalue weighted by molar-refractivity contribution is 6.29. The summed E-state index contributed by atoms with van der Waals surface area (Å²) in [6.45, 7) is 0. The van der Waals surface area contributed by atoms with Crippen molar-refractivity contribution < 1.29 is 4.79 Å². The van der Waals surface area contributed by atoms with Crippen LogP contribution in [-0.2, 0) is 0 Å². The first-order chi connectivity index (χ1) is 8.15. The molecule has 1 aromatic carbocycles. The van der Waals surface area contributed by atoms with Gasteiger partial charge >= 0.3 is 0 Å². The Bertz CT molecular complexity index is 557. The standard InChI is InChI=1S/C12H10ClN3O/c13-11-6-2-5-10(16-11)12(17)15-9-4-1-3-8(14)7-9/h1-7H,14H2,(H,15,17). The number of nitrogen functional groups attached to an aromatic ring is 1. The number of hydrogen-bond donors (Lipinski definition) is 2. The number of benzene rings is 1. The fraction of sp³-hybridized carbons (Fsp3) is 0. The lowest BCUT2D eigenvalue weighted by Gasteiger charge is -2.05. The van der Waals surface area contributed by atoms with Gasteiger partial charge in [-0.25, -0.2) is 4.98 Å². The molecule has 86 valence electrons. The van der Waals surface area contributed by atoms with Crippen molar-refractivity contribution in [1.82, 2.24) is 4.98 Å². The number of hydrogen-bond acceptors (Lipinski definition) is 3. The topological polar surface area (TPSA) is 68.0 Å². The molecule has 0 bridgehead atoms. The molecule has 1 aromatic heterocycles. The molecule has 1 amide bonds. The smallest absolute Gasteiger partial charge is 0.274 e. The number of rotatable bonds is 2. The molecule has 2 aromatic rings. The highest BCUT2D eigenvalue weighted by Crippen LogP contribution is 2.13. The van der Waals surface area contributed by atoms with Gasteiger partial charge in [0, 0.05) is 11.4 Å². The third kappa shape index (κ3) is 2.95. The average Bonchev–Trinajstić information content (AvgIpc) is 2.29. The third-order valence-electron chi connectivity index (χ3n) is 2.09. The van der Waals surface area contributed by atoms with Crippen molar-refractivity contribution >= 4 is 28.9 Å². The molecule has 0 atom stereocenters. The van der Waals surface area contributed by atoms with Gasteiger partial charge in [-0.2, -0.15) is 0 Å². The van der Waals surface area contributed by atoms with Crippen LogP contribution in [0.4, 0.5) is 11.4 Å². The molecule has 0 saturated carbocycles. The normalized spacial score (nSPS) is 9.94. The van der Waals surface area contributed by atoms with Crippen LogP contribution in [0.5, 0.6) is 0 Å². The van der Waals surface area contributed by atoms with Gasteiger partial charge < -0.3 is 11.1 Å². The van der Waals surface area contributed by atoms with Crippen LogP contribution in [0.1, 0.15) is 10.5 Å².